The summed E-state index contributed by atoms with van der Waals surface area (Å²) in [5, 5.41) is 20.3. The molecule has 2 saturated carbocycles. The molecular weight excluding hydrogens is 186 g/mol. The SMILES string of the molecule is O=C(O)C1CC1C(=O)NC1(CO)CC1. The molecule has 0 heterocycles. The lowest BCUT2D eigenvalue weighted by molar-refractivity contribution is -0.140. The Labute approximate surface area is 81.1 Å². The highest BCUT2D eigenvalue weighted by Gasteiger charge is 2.52. The Morgan fingerprint density at radius 1 is 1.36 bits per heavy atom. The van der Waals surface area contributed by atoms with Crippen molar-refractivity contribution in [2.45, 2.75) is 24.8 Å². The summed E-state index contributed by atoms with van der Waals surface area (Å²) >= 11 is 0. The second-order valence-electron chi connectivity index (χ2n) is 4.21. The molecule has 2 atom stereocenters. The first-order valence-corrected chi connectivity index (χ1v) is 4.74. The van der Waals surface area contributed by atoms with Gasteiger partial charge >= 0.3 is 5.97 Å². The van der Waals surface area contributed by atoms with Crippen molar-refractivity contribution in [3.63, 3.8) is 0 Å². The van der Waals surface area contributed by atoms with Crippen LogP contribution in [0.3, 0.4) is 0 Å². The van der Waals surface area contributed by atoms with E-state index in [0.717, 1.165) is 12.8 Å². The number of carboxylic acid groups (broad SMARTS) is 1. The normalized spacial score (nSPS) is 32.1. The first kappa shape index (κ1) is 9.45. The fourth-order valence-electron chi connectivity index (χ4n) is 1.59. The van der Waals surface area contributed by atoms with Crippen LogP contribution in [0.25, 0.3) is 0 Å². The lowest BCUT2D eigenvalue weighted by atomic mass is 10.2. The van der Waals surface area contributed by atoms with Gasteiger partial charge in [-0.3, -0.25) is 9.59 Å². The van der Waals surface area contributed by atoms with Gasteiger partial charge < -0.3 is 15.5 Å². The van der Waals surface area contributed by atoms with Crippen LogP contribution >= 0.6 is 0 Å². The Balaban J connectivity index is 1.83. The summed E-state index contributed by atoms with van der Waals surface area (Å²) in [5.41, 5.74) is -0.428. The lowest BCUT2D eigenvalue weighted by Crippen LogP contribution is -2.40. The molecule has 0 aromatic carbocycles. The number of aliphatic hydroxyl groups excluding tert-OH is 1. The third-order valence-corrected chi connectivity index (χ3v) is 2.99. The number of nitrogens with one attached hydrogen (secondary N) is 1. The quantitative estimate of drug-likeness (QED) is 0.561. The average molecular weight is 199 g/mol. The van der Waals surface area contributed by atoms with Gasteiger partial charge in [0, 0.05) is 0 Å². The van der Waals surface area contributed by atoms with Gasteiger partial charge in [-0.2, -0.15) is 0 Å². The summed E-state index contributed by atoms with van der Waals surface area (Å²) in [4.78, 5) is 21.9. The minimum atomic E-state index is -0.904. The Kier molecular flexibility index (Phi) is 1.99. The van der Waals surface area contributed by atoms with Crippen LogP contribution in [0, 0.1) is 11.8 Å². The van der Waals surface area contributed by atoms with E-state index in [9.17, 15) is 9.59 Å². The zero-order valence-electron chi connectivity index (χ0n) is 7.69. The van der Waals surface area contributed by atoms with E-state index in [1.54, 1.807) is 0 Å². The van der Waals surface area contributed by atoms with E-state index < -0.39 is 17.4 Å². The Bertz CT molecular complexity index is 285. The number of carbonyl (C=O) groups is 2. The van der Waals surface area contributed by atoms with Crippen molar-refractivity contribution in [1.29, 1.82) is 0 Å². The summed E-state index contributed by atoms with van der Waals surface area (Å²) < 4.78 is 0. The van der Waals surface area contributed by atoms with Gasteiger partial charge in [-0.25, -0.2) is 0 Å². The standard InChI is InChI=1S/C9H13NO4/c11-4-9(1-2-9)10-7(12)5-3-6(5)8(13)14/h5-6,11H,1-4H2,(H,10,12)(H,13,14). The largest absolute Gasteiger partial charge is 0.481 e. The molecule has 2 aliphatic rings. The average Bonchev–Trinajstić information content (AvgIpc) is 2.99. The predicted octanol–water partition coefficient (Wildman–Crippen LogP) is -0.652. The zero-order chi connectivity index (χ0) is 10.3. The van der Waals surface area contributed by atoms with Crippen molar-refractivity contribution >= 4 is 11.9 Å². The van der Waals surface area contributed by atoms with Crippen molar-refractivity contribution in [2.75, 3.05) is 6.61 Å². The molecule has 0 radical (unpaired) electrons. The van der Waals surface area contributed by atoms with E-state index in [1.165, 1.54) is 0 Å². The molecule has 14 heavy (non-hydrogen) atoms. The van der Waals surface area contributed by atoms with E-state index in [0.29, 0.717) is 6.42 Å². The summed E-state index contributed by atoms with van der Waals surface area (Å²) in [7, 11) is 0. The number of carboxylic acids is 1. The second-order valence-corrected chi connectivity index (χ2v) is 4.21. The number of carbonyl (C=O) groups excluding carboxylic acids is 1. The van der Waals surface area contributed by atoms with Gasteiger partial charge in [-0.05, 0) is 19.3 Å². The van der Waals surface area contributed by atoms with Gasteiger partial charge in [0.1, 0.15) is 0 Å². The molecule has 0 saturated heterocycles. The molecule has 2 rings (SSSR count). The highest BCUT2D eigenvalue weighted by Crippen LogP contribution is 2.41. The van der Waals surface area contributed by atoms with Crippen LogP contribution in [0.4, 0.5) is 0 Å². The van der Waals surface area contributed by atoms with Crippen LogP contribution in [-0.4, -0.2) is 34.2 Å². The van der Waals surface area contributed by atoms with Crippen LogP contribution < -0.4 is 5.32 Å². The number of hydrogen-bond acceptors (Lipinski definition) is 3. The van der Waals surface area contributed by atoms with E-state index in [-0.39, 0.29) is 18.4 Å². The fourth-order valence-corrected chi connectivity index (χ4v) is 1.59. The van der Waals surface area contributed by atoms with Crippen molar-refractivity contribution < 1.29 is 19.8 Å². The summed E-state index contributed by atoms with van der Waals surface area (Å²) in [6.45, 7) is -0.0524. The molecule has 0 bridgehead atoms. The van der Waals surface area contributed by atoms with Gasteiger partial charge in [0.15, 0.2) is 0 Å². The smallest absolute Gasteiger partial charge is 0.307 e. The molecule has 0 aromatic rings. The molecular formula is C9H13NO4. The fraction of sp³-hybridized carbons (Fsp3) is 0.778. The molecule has 78 valence electrons. The molecule has 0 spiro atoms. The van der Waals surface area contributed by atoms with Crippen molar-refractivity contribution in [3.05, 3.63) is 0 Å². The third-order valence-electron chi connectivity index (χ3n) is 2.99. The Morgan fingerprint density at radius 2 is 2.00 bits per heavy atom. The predicted molar refractivity (Wildman–Crippen MR) is 46.4 cm³/mol. The minimum Gasteiger partial charge on any atom is -0.481 e. The topological polar surface area (TPSA) is 86.6 Å². The van der Waals surface area contributed by atoms with Crippen LogP contribution in [0.2, 0.25) is 0 Å². The summed E-state index contributed by atoms with van der Waals surface area (Å²) in [6, 6.07) is 0. The molecule has 3 N–H and O–H groups in total. The highest BCUT2D eigenvalue weighted by molar-refractivity contribution is 5.90. The van der Waals surface area contributed by atoms with Gasteiger partial charge in [-0.15, -0.1) is 0 Å². The van der Waals surface area contributed by atoms with Crippen molar-refractivity contribution in [3.8, 4) is 0 Å². The second kappa shape index (κ2) is 2.95. The van der Waals surface area contributed by atoms with Crippen LogP contribution in [0.5, 0.6) is 0 Å². The highest BCUT2D eigenvalue weighted by atomic mass is 16.4. The number of aliphatic carboxylic acids is 1. The van der Waals surface area contributed by atoms with E-state index in [4.69, 9.17) is 10.2 Å². The Morgan fingerprint density at radius 3 is 2.36 bits per heavy atom. The summed E-state index contributed by atoms with van der Waals surface area (Å²) in [6.07, 6.45) is 2.02. The molecule has 5 heteroatoms. The maximum Gasteiger partial charge on any atom is 0.307 e. The van der Waals surface area contributed by atoms with E-state index in [1.807, 2.05) is 0 Å². The Hall–Kier alpha value is -1.10. The molecule has 0 aromatic heterocycles. The van der Waals surface area contributed by atoms with Gasteiger partial charge in [-0.1, -0.05) is 0 Å². The van der Waals surface area contributed by atoms with E-state index >= 15 is 0 Å². The van der Waals surface area contributed by atoms with Crippen LogP contribution in [0.15, 0.2) is 0 Å². The van der Waals surface area contributed by atoms with Gasteiger partial charge in [0.25, 0.3) is 0 Å². The molecule has 2 fully saturated rings. The van der Waals surface area contributed by atoms with Crippen LogP contribution in [-0.2, 0) is 9.59 Å². The molecule has 1 amide bonds. The van der Waals surface area contributed by atoms with Gasteiger partial charge in [0.05, 0.1) is 24.0 Å². The van der Waals surface area contributed by atoms with Crippen molar-refractivity contribution in [1.82, 2.24) is 5.32 Å². The van der Waals surface area contributed by atoms with Gasteiger partial charge in [0.2, 0.25) is 5.91 Å². The lowest BCUT2D eigenvalue weighted by Gasteiger charge is -2.13. The third kappa shape index (κ3) is 1.59. The minimum absolute atomic E-state index is 0.0524. The number of hydrogen-bond donors (Lipinski definition) is 3. The zero-order valence-corrected chi connectivity index (χ0v) is 7.69. The number of amides is 1. The number of aliphatic hydroxyl groups is 1. The maximum atomic E-state index is 11.4. The van der Waals surface area contributed by atoms with Crippen LogP contribution in [0.1, 0.15) is 19.3 Å². The first-order valence-electron chi connectivity index (χ1n) is 4.74. The molecule has 0 aliphatic heterocycles. The maximum absolute atomic E-state index is 11.4. The molecule has 5 nitrogen and oxygen atoms in total. The molecule has 2 aliphatic carbocycles. The summed E-state index contributed by atoms with van der Waals surface area (Å²) in [5.74, 6) is -2.01. The number of rotatable bonds is 4. The molecule has 2 unspecified atom stereocenters. The van der Waals surface area contributed by atoms with E-state index in [2.05, 4.69) is 5.32 Å². The first-order chi connectivity index (χ1) is 6.58. The monoisotopic (exact) mass is 199 g/mol. The van der Waals surface area contributed by atoms with Crippen molar-refractivity contribution in [2.24, 2.45) is 11.8 Å².